The van der Waals surface area contributed by atoms with Crippen LogP contribution in [0.15, 0.2) is 43.0 Å². The van der Waals surface area contributed by atoms with Crippen molar-refractivity contribution in [3.8, 4) is 5.75 Å². The molecule has 0 N–H and O–H groups in total. The molecule has 5 heteroatoms. The van der Waals surface area contributed by atoms with Crippen LogP contribution >= 0.6 is 0 Å². The van der Waals surface area contributed by atoms with E-state index in [0.29, 0.717) is 5.56 Å². The number of alkyl halides is 2. The highest BCUT2D eigenvalue weighted by molar-refractivity contribution is 5.87. The lowest BCUT2D eigenvalue weighted by molar-refractivity contribution is -0.136. The number of carbonyl (C=O) groups is 1. The van der Waals surface area contributed by atoms with Gasteiger partial charge in [-0.3, -0.25) is 0 Å². The monoisotopic (exact) mass is 254 g/mol. The molecule has 0 spiro atoms. The Balaban J connectivity index is 2.55. The molecule has 0 aromatic heterocycles. The van der Waals surface area contributed by atoms with Crippen LogP contribution in [0.25, 0.3) is 6.08 Å². The molecule has 0 unspecified atom stereocenters. The molecule has 0 aliphatic carbocycles. The van der Waals surface area contributed by atoms with Crippen molar-refractivity contribution < 1.29 is 23.0 Å². The molecule has 1 rings (SSSR count). The van der Waals surface area contributed by atoms with Gasteiger partial charge in [0.2, 0.25) is 0 Å². The van der Waals surface area contributed by atoms with E-state index < -0.39 is 12.6 Å². The van der Waals surface area contributed by atoms with Gasteiger partial charge in [0.15, 0.2) is 0 Å². The van der Waals surface area contributed by atoms with Crippen molar-refractivity contribution in [3.63, 3.8) is 0 Å². The normalized spacial score (nSPS) is 10.6. The molecule has 0 aliphatic heterocycles. The van der Waals surface area contributed by atoms with Crippen molar-refractivity contribution in [2.24, 2.45) is 0 Å². The van der Waals surface area contributed by atoms with Gasteiger partial charge in [-0.05, 0) is 23.8 Å². The molecule has 18 heavy (non-hydrogen) atoms. The largest absolute Gasteiger partial charge is 0.458 e. The Morgan fingerprint density at radius 1 is 1.33 bits per heavy atom. The minimum absolute atomic E-state index is 0.0661. The van der Waals surface area contributed by atoms with Gasteiger partial charge in [-0.15, -0.1) is 0 Å². The van der Waals surface area contributed by atoms with E-state index >= 15 is 0 Å². The van der Waals surface area contributed by atoms with Crippen molar-refractivity contribution >= 4 is 12.0 Å². The zero-order valence-electron chi connectivity index (χ0n) is 9.51. The summed E-state index contributed by atoms with van der Waals surface area (Å²) in [7, 11) is 0. The first kappa shape index (κ1) is 13.9. The van der Waals surface area contributed by atoms with Gasteiger partial charge in [-0.2, -0.15) is 8.78 Å². The fraction of sp³-hybridized carbons (Fsp3) is 0.154. The molecule has 96 valence electrons. The topological polar surface area (TPSA) is 35.5 Å². The first-order valence-electron chi connectivity index (χ1n) is 5.12. The van der Waals surface area contributed by atoms with E-state index in [9.17, 15) is 13.6 Å². The van der Waals surface area contributed by atoms with E-state index in [-0.39, 0.29) is 12.4 Å². The van der Waals surface area contributed by atoms with Gasteiger partial charge < -0.3 is 9.47 Å². The number of halogens is 2. The van der Waals surface area contributed by atoms with Gasteiger partial charge in [0, 0.05) is 6.08 Å². The van der Waals surface area contributed by atoms with Crippen LogP contribution in [0, 0.1) is 0 Å². The molecule has 0 aliphatic rings. The van der Waals surface area contributed by atoms with Crippen molar-refractivity contribution in [2.45, 2.75) is 6.61 Å². The van der Waals surface area contributed by atoms with Gasteiger partial charge in [-0.25, -0.2) is 4.79 Å². The van der Waals surface area contributed by atoms with Crippen LogP contribution in [0.2, 0.25) is 0 Å². The molecular weight excluding hydrogens is 242 g/mol. The summed E-state index contributed by atoms with van der Waals surface area (Å²) in [5.41, 5.74) is 0.673. The van der Waals surface area contributed by atoms with Crippen LogP contribution in [-0.2, 0) is 9.53 Å². The summed E-state index contributed by atoms with van der Waals surface area (Å²) < 4.78 is 32.7. The smallest absolute Gasteiger partial charge is 0.387 e. The number of rotatable bonds is 6. The van der Waals surface area contributed by atoms with Gasteiger partial charge in [0.05, 0.1) is 0 Å². The second-order valence-electron chi connectivity index (χ2n) is 3.20. The second-order valence-corrected chi connectivity index (χ2v) is 3.20. The third-order valence-electron chi connectivity index (χ3n) is 1.86. The summed E-state index contributed by atoms with van der Waals surface area (Å²) in [5.74, 6) is -0.431. The molecule has 0 saturated carbocycles. The first-order chi connectivity index (χ1) is 8.61. The molecule has 1 aromatic carbocycles. The lowest BCUT2D eigenvalue weighted by Gasteiger charge is -2.03. The summed E-state index contributed by atoms with van der Waals surface area (Å²) in [4.78, 5) is 11.1. The highest BCUT2D eigenvalue weighted by atomic mass is 19.3. The minimum atomic E-state index is -2.85. The lowest BCUT2D eigenvalue weighted by Crippen LogP contribution is -2.01. The number of benzene rings is 1. The van der Waals surface area contributed by atoms with Crippen LogP contribution in [0.1, 0.15) is 5.56 Å². The fourth-order valence-electron chi connectivity index (χ4n) is 1.11. The molecule has 0 radical (unpaired) electrons. The summed E-state index contributed by atoms with van der Waals surface area (Å²) in [6.07, 6.45) is 4.21. The number of ether oxygens (including phenoxy) is 2. The number of esters is 1. The zero-order chi connectivity index (χ0) is 13.4. The van der Waals surface area contributed by atoms with Crippen LogP contribution in [-0.4, -0.2) is 19.2 Å². The maximum atomic E-state index is 11.9. The van der Waals surface area contributed by atoms with Crippen molar-refractivity contribution in [1.29, 1.82) is 0 Å². The summed E-state index contributed by atoms with van der Waals surface area (Å²) in [6.45, 7) is 0.704. The molecule has 1 aromatic rings. The third-order valence-corrected chi connectivity index (χ3v) is 1.86. The predicted molar refractivity (Wildman–Crippen MR) is 63.3 cm³/mol. The average molecular weight is 254 g/mol. The minimum Gasteiger partial charge on any atom is -0.458 e. The van der Waals surface area contributed by atoms with E-state index in [1.165, 1.54) is 30.4 Å². The van der Waals surface area contributed by atoms with Crippen LogP contribution in [0.5, 0.6) is 5.75 Å². The molecule has 0 saturated heterocycles. The molecule has 0 fully saturated rings. The predicted octanol–water partition coefficient (Wildman–Crippen LogP) is 3.03. The molecule has 0 atom stereocenters. The third kappa shape index (κ3) is 5.25. The van der Waals surface area contributed by atoms with E-state index in [2.05, 4.69) is 11.3 Å². The van der Waals surface area contributed by atoms with E-state index in [1.54, 1.807) is 12.1 Å². The number of hydrogen-bond donors (Lipinski definition) is 0. The summed E-state index contributed by atoms with van der Waals surface area (Å²) in [5, 5.41) is 0. The van der Waals surface area contributed by atoms with E-state index in [0.717, 1.165) is 0 Å². The van der Waals surface area contributed by atoms with Crippen LogP contribution < -0.4 is 4.74 Å². The van der Waals surface area contributed by atoms with Gasteiger partial charge in [-0.1, -0.05) is 24.8 Å². The summed E-state index contributed by atoms with van der Waals surface area (Å²) in [6, 6.07) is 5.88. The fourth-order valence-corrected chi connectivity index (χ4v) is 1.11. The molecule has 0 amide bonds. The molecule has 3 nitrogen and oxygen atoms in total. The van der Waals surface area contributed by atoms with E-state index in [1.807, 2.05) is 0 Å². The first-order valence-corrected chi connectivity index (χ1v) is 5.12. The van der Waals surface area contributed by atoms with E-state index in [4.69, 9.17) is 4.74 Å². The highest BCUT2D eigenvalue weighted by Crippen LogP contribution is 2.15. The van der Waals surface area contributed by atoms with Gasteiger partial charge in [0.25, 0.3) is 0 Å². The maximum absolute atomic E-state index is 11.9. The second kappa shape index (κ2) is 7.21. The molecular formula is C13H12F2O3. The van der Waals surface area contributed by atoms with Crippen molar-refractivity contribution in [2.75, 3.05) is 6.61 Å². The van der Waals surface area contributed by atoms with Gasteiger partial charge in [0.1, 0.15) is 12.4 Å². The quantitative estimate of drug-likeness (QED) is 0.444. The Kier molecular flexibility index (Phi) is 5.57. The Hall–Kier alpha value is -2.17. The van der Waals surface area contributed by atoms with Crippen LogP contribution in [0.4, 0.5) is 8.78 Å². The Morgan fingerprint density at radius 2 is 2.00 bits per heavy atom. The molecule has 0 heterocycles. The zero-order valence-corrected chi connectivity index (χ0v) is 9.51. The Labute approximate surface area is 103 Å². The average Bonchev–Trinajstić information content (AvgIpc) is 2.35. The standard InChI is InChI=1S/C13H12F2O3/c1-2-9-17-12(16)8-5-10-3-6-11(7-4-10)18-13(14)15/h2-8,13H,1,9H2/b8-5+. The van der Waals surface area contributed by atoms with Crippen molar-refractivity contribution in [1.82, 2.24) is 0 Å². The van der Waals surface area contributed by atoms with Gasteiger partial charge >= 0.3 is 12.6 Å². The van der Waals surface area contributed by atoms with Crippen LogP contribution in [0.3, 0.4) is 0 Å². The number of hydrogen-bond acceptors (Lipinski definition) is 3. The highest BCUT2D eigenvalue weighted by Gasteiger charge is 2.02. The summed E-state index contributed by atoms with van der Waals surface area (Å²) >= 11 is 0. The lowest BCUT2D eigenvalue weighted by atomic mass is 10.2. The van der Waals surface area contributed by atoms with Crippen molar-refractivity contribution in [3.05, 3.63) is 48.6 Å². The SMILES string of the molecule is C=CCOC(=O)/C=C/c1ccc(OC(F)F)cc1. The molecule has 0 bridgehead atoms. The maximum Gasteiger partial charge on any atom is 0.387 e. The Morgan fingerprint density at radius 3 is 2.56 bits per heavy atom. The number of carbonyl (C=O) groups excluding carboxylic acids is 1. The Bertz CT molecular complexity index is 424.